The van der Waals surface area contributed by atoms with E-state index in [1.165, 1.54) is 12.1 Å². The first-order valence-corrected chi connectivity index (χ1v) is 6.92. The van der Waals surface area contributed by atoms with Crippen LogP contribution in [0, 0.1) is 12.7 Å². The number of benzene rings is 1. The molecule has 2 aromatic rings. The van der Waals surface area contributed by atoms with Crippen LogP contribution in [0.5, 0.6) is 0 Å². The summed E-state index contributed by atoms with van der Waals surface area (Å²) in [6, 6.07) is 4.47. The monoisotopic (exact) mass is 309 g/mol. The maximum Gasteiger partial charge on any atom is 0.223 e. The third-order valence-corrected chi connectivity index (χ3v) is 3.77. The number of hydrogen-bond donors (Lipinski definition) is 0. The quantitative estimate of drug-likeness (QED) is 0.874. The smallest absolute Gasteiger partial charge is 0.223 e. The van der Waals surface area contributed by atoms with Gasteiger partial charge in [-0.15, -0.1) is 0 Å². The highest BCUT2D eigenvalue weighted by molar-refractivity contribution is 6.30. The molecule has 1 saturated heterocycles. The number of nitrogens with zero attached hydrogens (tertiary/aromatic N) is 3. The normalized spacial score (nSPS) is 18.5. The van der Waals surface area contributed by atoms with Crippen molar-refractivity contribution in [3.05, 3.63) is 46.3 Å². The van der Waals surface area contributed by atoms with E-state index in [1.54, 1.807) is 17.9 Å². The first kappa shape index (κ1) is 14.0. The minimum atomic E-state index is -0.465. The van der Waals surface area contributed by atoms with E-state index < -0.39 is 5.82 Å². The number of carbonyl (C=O) groups excluding carboxylic acids is 1. The molecule has 2 heterocycles. The second kappa shape index (κ2) is 5.44. The van der Waals surface area contributed by atoms with E-state index in [4.69, 9.17) is 16.1 Å². The van der Waals surface area contributed by atoms with Crippen LogP contribution in [0.25, 0.3) is 0 Å². The number of aromatic nitrogens is 2. The zero-order valence-electron chi connectivity index (χ0n) is 11.3. The topological polar surface area (TPSA) is 59.2 Å². The SMILES string of the molecule is Cc1nc(C2CC(=O)N(Cc3ccc(F)c(Cl)c3)C2)no1. The van der Waals surface area contributed by atoms with Crippen molar-refractivity contribution in [3.8, 4) is 0 Å². The van der Waals surface area contributed by atoms with Gasteiger partial charge in [-0.25, -0.2) is 4.39 Å². The molecule has 21 heavy (non-hydrogen) atoms. The Bertz CT molecular complexity index is 689. The Hall–Kier alpha value is -1.95. The molecule has 0 N–H and O–H groups in total. The lowest BCUT2D eigenvalue weighted by Gasteiger charge is -2.16. The lowest BCUT2D eigenvalue weighted by atomic mass is 10.1. The zero-order valence-corrected chi connectivity index (χ0v) is 12.1. The highest BCUT2D eigenvalue weighted by Crippen LogP contribution is 2.28. The van der Waals surface area contributed by atoms with Gasteiger partial charge in [0, 0.05) is 32.4 Å². The van der Waals surface area contributed by atoms with Gasteiger partial charge in [0.05, 0.1) is 5.02 Å². The van der Waals surface area contributed by atoms with E-state index in [-0.39, 0.29) is 16.8 Å². The molecule has 110 valence electrons. The van der Waals surface area contributed by atoms with E-state index in [1.807, 2.05) is 0 Å². The van der Waals surface area contributed by atoms with Gasteiger partial charge in [-0.1, -0.05) is 22.8 Å². The maximum absolute atomic E-state index is 13.1. The fourth-order valence-corrected chi connectivity index (χ4v) is 2.64. The number of rotatable bonds is 3. The molecule has 1 aromatic carbocycles. The summed E-state index contributed by atoms with van der Waals surface area (Å²) in [6.45, 7) is 2.63. The second-order valence-corrected chi connectivity index (χ2v) is 5.50. The molecule has 1 fully saturated rings. The summed E-state index contributed by atoms with van der Waals surface area (Å²) in [5.41, 5.74) is 0.791. The molecule has 0 bridgehead atoms. The fourth-order valence-electron chi connectivity index (χ4n) is 2.44. The van der Waals surface area contributed by atoms with Gasteiger partial charge in [0.15, 0.2) is 5.82 Å². The number of aryl methyl sites for hydroxylation is 1. The number of carbonyl (C=O) groups is 1. The lowest BCUT2D eigenvalue weighted by molar-refractivity contribution is -0.128. The van der Waals surface area contributed by atoms with Crippen LogP contribution in [-0.4, -0.2) is 27.5 Å². The summed E-state index contributed by atoms with van der Waals surface area (Å²) in [5, 5.41) is 3.92. The van der Waals surface area contributed by atoms with Crippen molar-refractivity contribution >= 4 is 17.5 Å². The standard InChI is InChI=1S/C14H13ClFN3O2/c1-8-17-14(18-21-8)10-5-13(20)19(7-10)6-9-2-3-12(16)11(15)4-9/h2-4,10H,5-7H2,1H3. The Morgan fingerprint density at radius 3 is 3.00 bits per heavy atom. The van der Waals surface area contributed by atoms with Gasteiger partial charge in [0.2, 0.25) is 11.8 Å². The van der Waals surface area contributed by atoms with Crippen molar-refractivity contribution in [1.29, 1.82) is 0 Å². The van der Waals surface area contributed by atoms with Gasteiger partial charge in [0.25, 0.3) is 0 Å². The highest BCUT2D eigenvalue weighted by atomic mass is 35.5. The minimum absolute atomic E-state index is 0.0166. The Labute approximate surface area is 125 Å². The number of amides is 1. The average Bonchev–Trinajstić information content (AvgIpc) is 3.01. The van der Waals surface area contributed by atoms with Crippen LogP contribution in [0.1, 0.15) is 29.6 Å². The molecule has 1 unspecified atom stereocenters. The summed E-state index contributed by atoms with van der Waals surface area (Å²) < 4.78 is 18.1. The molecular weight excluding hydrogens is 297 g/mol. The van der Waals surface area contributed by atoms with Crippen molar-refractivity contribution in [3.63, 3.8) is 0 Å². The summed E-state index contributed by atoms with van der Waals surface area (Å²) in [7, 11) is 0. The molecule has 0 aliphatic carbocycles. The van der Waals surface area contributed by atoms with Crippen LogP contribution >= 0.6 is 11.6 Å². The van der Waals surface area contributed by atoms with Crippen LogP contribution in [-0.2, 0) is 11.3 Å². The first-order chi connectivity index (χ1) is 10.0. The Kier molecular flexibility index (Phi) is 3.63. The highest BCUT2D eigenvalue weighted by Gasteiger charge is 2.33. The molecule has 7 heteroatoms. The van der Waals surface area contributed by atoms with Crippen LogP contribution in [0.4, 0.5) is 4.39 Å². The molecule has 0 spiro atoms. The molecular formula is C14H13ClFN3O2. The third kappa shape index (κ3) is 2.90. The molecule has 5 nitrogen and oxygen atoms in total. The molecule has 1 aromatic heterocycles. The number of hydrogen-bond acceptors (Lipinski definition) is 4. The third-order valence-electron chi connectivity index (χ3n) is 3.48. The van der Waals surface area contributed by atoms with Crippen molar-refractivity contribution < 1.29 is 13.7 Å². The van der Waals surface area contributed by atoms with E-state index in [2.05, 4.69) is 10.1 Å². The van der Waals surface area contributed by atoms with Crippen molar-refractivity contribution in [2.45, 2.75) is 25.8 Å². The van der Waals surface area contributed by atoms with Gasteiger partial charge in [-0.05, 0) is 17.7 Å². The predicted octanol–water partition coefficient (Wildman–Crippen LogP) is 2.69. The molecule has 1 atom stereocenters. The van der Waals surface area contributed by atoms with Gasteiger partial charge in [-0.2, -0.15) is 4.98 Å². The predicted molar refractivity (Wildman–Crippen MR) is 73.2 cm³/mol. The minimum Gasteiger partial charge on any atom is -0.340 e. The molecule has 0 radical (unpaired) electrons. The van der Waals surface area contributed by atoms with Gasteiger partial charge in [0.1, 0.15) is 5.82 Å². The summed E-state index contributed by atoms with van der Waals surface area (Å²) >= 11 is 5.75. The van der Waals surface area contributed by atoms with E-state index in [0.29, 0.717) is 31.2 Å². The molecule has 3 rings (SSSR count). The number of likely N-dealkylation sites (tertiary alicyclic amines) is 1. The fraction of sp³-hybridized carbons (Fsp3) is 0.357. The Balaban J connectivity index is 1.72. The Morgan fingerprint density at radius 1 is 1.52 bits per heavy atom. The second-order valence-electron chi connectivity index (χ2n) is 5.10. The van der Waals surface area contributed by atoms with Crippen molar-refractivity contribution in [2.75, 3.05) is 6.54 Å². The van der Waals surface area contributed by atoms with E-state index >= 15 is 0 Å². The maximum atomic E-state index is 13.1. The first-order valence-electron chi connectivity index (χ1n) is 6.55. The molecule has 1 amide bonds. The average molecular weight is 310 g/mol. The van der Waals surface area contributed by atoms with E-state index in [9.17, 15) is 9.18 Å². The van der Waals surface area contributed by atoms with Crippen LogP contribution in [0.2, 0.25) is 5.02 Å². The lowest BCUT2D eigenvalue weighted by Crippen LogP contribution is -2.24. The number of halogens is 2. The van der Waals surface area contributed by atoms with Gasteiger partial charge in [-0.3, -0.25) is 4.79 Å². The summed E-state index contributed by atoms with van der Waals surface area (Å²) in [6.07, 6.45) is 0.355. The van der Waals surface area contributed by atoms with Crippen molar-refractivity contribution in [1.82, 2.24) is 15.0 Å². The van der Waals surface area contributed by atoms with Crippen LogP contribution in [0.15, 0.2) is 22.7 Å². The van der Waals surface area contributed by atoms with Crippen molar-refractivity contribution in [2.24, 2.45) is 0 Å². The molecule has 1 aliphatic heterocycles. The largest absolute Gasteiger partial charge is 0.340 e. The zero-order chi connectivity index (χ0) is 15.0. The molecule has 0 saturated carbocycles. The molecule has 1 aliphatic rings. The van der Waals surface area contributed by atoms with Gasteiger partial charge >= 0.3 is 0 Å². The Morgan fingerprint density at radius 2 is 2.33 bits per heavy atom. The summed E-state index contributed by atoms with van der Waals surface area (Å²) in [5.74, 6) is 0.531. The summed E-state index contributed by atoms with van der Waals surface area (Å²) in [4.78, 5) is 17.9. The van der Waals surface area contributed by atoms with Crippen LogP contribution in [0.3, 0.4) is 0 Å². The van der Waals surface area contributed by atoms with Crippen LogP contribution < -0.4 is 0 Å². The van der Waals surface area contributed by atoms with Gasteiger partial charge < -0.3 is 9.42 Å². The van der Waals surface area contributed by atoms with E-state index in [0.717, 1.165) is 5.56 Å².